The largest absolute Gasteiger partial charge is 0.383 e. The summed E-state index contributed by atoms with van der Waals surface area (Å²) in [5.74, 6) is 0.0903. The van der Waals surface area contributed by atoms with E-state index in [2.05, 4.69) is 9.97 Å². The van der Waals surface area contributed by atoms with Crippen molar-refractivity contribution < 1.29 is 4.79 Å². The zero-order valence-electron chi connectivity index (χ0n) is 8.27. The van der Waals surface area contributed by atoms with Gasteiger partial charge >= 0.3 is 0 Å². The number of ketones is 1. The highest BCUT2D eigenvalue weighted by Gasteiger charge is 2.30. The highest BCUT2D eigenvalue weighted by Crippen LogP contribution is 2.37. The van der Waals surface area contributed by atoms with E-state index in [-0.39, 0.29) is 17.5 Å². The Labute approximate surface area is 91.1 Å². The van der Waals surface area contributed by atoms with Crippen LogP contribution in [-0.4, -0.2) is 15.8 Å². The van der Waals surface area contributed by atoms with E-state index in [4.69, 9.17) is 11.5 Å². The van der Waals surface area contributed by atoms with Crippen molar-refractivity contribution >= 4 is 17.5 Å². The standard InChI is InChI=1S/C11H8N4O/c12-10-7-8(14-11(13)15-10)5-3-1-2-4-6(5)9(7)16/h1-4H,(H4,12,13,14,15). The van der Waals surface area contributed by atoms with Crippen LogP contribution in [0.4, 0.5) is 11.8 Å². The number of aromatic nitrogens is 2. The molecule has 0 bridgehead atoms. The highest BCUT2D eigenvalue weighted by molar-refractivity contribution is 6.23. The quantitative estimate of drug-likeness (QED) is 0.576. The molecule has 16 heavy (non-hydrogen) atoms. The minimum atomic E-state index is -0.136. The number of benzene rings is 1. The third-order valence-corrected chi connectivity index (χ3v) is 2.61. The molecule has 3 rings (SSSR count). The molecule has 78 valence electrons. The van der Waals surface area contributed by atoms with E-state index < -0.39 is 0 Å². The van der Waals surface area contributed by atoms with Crippen LogP contribution in [0.3, 0.4) is 0 Å². The first-order chi connectivity index (χ1) is 7.68. The molecule has 1 aromatic carbocycles. The van der Waals surface area contributed by atoms with E-state index >= 15 is 0 Å². The Bertz CT molecular complexity index is 621. The number of carbonyl (C=O) groups is 1. The summed E-state index contributed by atoms with van der Waals surface area (Å²) < 4.78 is 0. The molecule has 4 N–H and O–H groups in total. The van der Waals surface area contributed by atoms with Gasteiger partial charge in [0.05, 0.1) is 11.3 Å². The van der Waals surface area contributed by atoms with Crippen LogP contribution in [0.5, 0.6) is 0 Å². The summed E-state index contributed by atoms with van der Waals surface area (Å²) in [5.41, 5.74) is 13.5. The van der Waals surface area contributed by atoms with Crippen LogP contribution >= 0.6 is 0 Å². The molecule has 2 aromatic rings. The van der Waals surface area contributed by atoms with Crippen molar-refractivity contribution in [3.05, 3.63) is 35.4 Å². The number of carbonyl (C=O) groups excluding carboxylic acids is 1. The summed E-state index contributed by atoms with van der Waals surface area (Å²) >= 11 is 0. The first-order valence-corrected chi connectivity index (χ1v) is 4.75. The third kappa shape index (κ3) is 0.967. The third-order valence-electron chi connectivity index (χ3n) is 2.61. The smallest absolute Gasteiger partial charge is 0.222 e. The Morgan fingerprint density at radius 2 is 1.69 bits per heavy atom. The van der Waals surface area contributed by atoms with E-state index in [1.807, 2.05) is 12.1 Å². The van der Waals surface area contributed by atoms with Crippen LogP contribution in [0, 0.1) is 0 Å². The fraction of sp³-hybridized carbons (Fsp3) is 0. The van der Waals surface area contributed by atoms with Gasteiger partial charge in [0.1, 0.15) is 5.82 Å². The predicted octanol–water partition coefficient (Wildman–Crippen LogP) is 0.852. The van der Waals surface area contributed by atoms with Gasteiger partial charge in [-0.3, -0.25) is 4.79 Å². The van der Waals surface area contributed by atoms with Gasteiger partial charge in [-0.05, 0) is 0 Å². The molecular formula is C11H8N4O. The molecule has 1 heterocycles. The molecule has 0 aliphatic heterocycles. The molecule has 0 saturated carbocycles. The predicted molar refractivity (Wildman–Crippen MR) is 59.7 cm³/mol. The van der Waals surface area contributed by atoms with Crippen LogP contribution < -0.4 is 11.5 Å². The Kier molecular flexibility index (Phi) is 1.54. The van der Waals surface area contributed by atoms with E-state index in [1.54, 1.807) is 12.1 Å². The lowest BCUT2D eigenvalue weighted by Crippen LogP contribution is -2.06. The van der Waals surface area contributed by atoms with Crippen molar-refractivity contribution in [2.45, 2.75) is 0 Å². The molecule has 0 radical (unpaired) electrons. The number of hydrogen-bond acceptors (Lipinski definition) is 5. The molecule has 0 fully saturated rings. The Balaban J connectivity index is 2.42. The van der Waals surface area contributed by atoms with Gasteiger partial charge in [0.2, 0.25) is 5.95 Å². The highest BCUT2D eigenvalue weighted by atomic mass is 16.1. The summed E-state index contributed by atoms with van der Waals surface area (Å²) in [4.78, 5) is 19.9. The number of hydrogen-bond donors (Lipinski definition) is 2. The number of nitrogens with zero attached hydrogens (tertiary/aromatic N) is 2. The lowest BCUT2D eigenvalue weighted by molar-refractivity contribution is 0.104. The van der Waals surface area contributed by atoms with Crippen molar-refractivity contribution in [1.29, 1.82) is 0 Å². The molecule has 0 atom stereocenters. The minimum absolute atomic E-state index is 0.0840. The molecule has 0 spiro atoms. The van der Waals surface area contributed by atoms with Gasteiger partial charge in [-0.15, -0.1) is 0 Å². The number of rotatable bonds is 0. The normalized spacial score (nSPS) is 12.4. The maximum Gasteiger partial charge on any atom is 0.222 e. The average molecular weight is 212 g/mol. The molecule has 0 unspecified atom stereocenters. The summed E-state index contributed by atoms with van der Waals surface area (Å²) in [5, 5.41) is 0. The number of fused-ring (bicyclic) bond motifs is 3. The first kappa shape index (κ1) is 8.84. The summed E-state index contributed by atoms with van der Waals surface area (Å²) in [6.07, 6.45) is 0. The Morgan fingerprint density at radius 1 is 1.00 bits per heavy atom. The molecule has 5 heteroatoms. The molecule has 0 saturated heterocycles. The molecule has 1 aliphatic rings. The SMILES string of the molecule is Nc1nc(N)c2c(n1)-c1ccccc1C2=O. The lowest BCUT2D eigenvalue weighted by Gasteiger charge is -2.01. The summed E-state index contributed by atoms with van der Waals surface area (Å²) in [6, 6.07) is 7.21. The van der Waals surface area contributed by atoms with E-state index in [0.29, 0.717) is 16.8 Å². The van der Waals surface area contributed by atoms with Crippen LogP contribution in [0.1, 0.15) is 15.9 Å². The Hall–Kier alpha value is -2.43. The second-order valence-electron chi connectivity index (χ2n) is 3.57. The van der Waals surface area contributed by atoms with Crippen molar-refractivity contribution in [3.63, 3.8) is 0 Å². The molecule has 1 aromatic heterocycles. The first-order valence-electron chi connectivity index (χ1n) is 4.75. The lowest BCUT2D eigenvalue weighted by atomic mass is 10.1. The fourth-order valence-corrected chi connectivity index (χ4v) is 1.94. The van der Waals surface area contributed by atoms with Crippen molar-refractivity contribution in [1.82, 2.24) is 9.97 Å². The summed E-state index contributed by atoms with van der Waals surface area (Å²) in [7, 11) is 0. The number of nitrogens with two attached hydrogens (primary N) is 2. The van der Waals surface area contributed by atoms with Gasteiger partial charge in [-0.25, -0.2) is 4.98 Å². The second kappa shape index (κ2) is 2.79. The van der Waals surface area contributed by atoms with E-state index in [9.17, 15) is 4.79 Å². The molecule has 1 aliphatic carbocycles. The molecule has 5 nitrogen and oxygen atoms in total. The van der Waals surface area contributed by atoms with Crippen molar-refractivity contribution in [3.8, 4) is 11.3 Å². The van der Waals surface area contributed by atoms with E-state index in [1.165, 1.54) is 0 Å². The van der Waals surface area contributed by atoms with Gasteiger partial charge in [0.15, 0.2) is 5.78 Å². The van der Waals surface area contributed by atoms with Crippen LogP contribution in [0.25, 0.3) is 11.3 Å². The van der Waals surface area contributed by atoms with Crippen molar-refractivity contribution in [2.24, 2.45) is 0 Å². The minimum Gasteiger partial charge on any atom is -0.383 e. The maximum atomic E-state index is 12.0. The fourth-order valence-electron chi connectivity index (χ4n) is 1.94. The van der Waals surface area contributed by atoms with Gasteiger partial charge in [-0.1, -0.05) is 24.3 Å². The zero-order chi connectivity index (χ0) is 11.3. The summed E-state index contributed by atoms with van der Waals surface area (Å²) in [6.45, 7) is 0. The zero-order valence-corrected chi connectivity index (χ0v) is 8.27. The number of nitrogen functional groups attached to an aromatic ring is 2. The van der Waals surface area contributed by atoms with Gasteiger partial charge in [-0.2, -0.15) is 4.98 Å². The van der Waals surface area contributed by atoms with Gasteiger partial charge in [0.25, 0.3) is 0 Å². The van der Waals surface area contributed by atoms with Gasteiger partial charge < -0.3 is 11.5 Å². The molecular weight excluding hydrogens is 204 g/mol. The molecule has 0 amide bonds. The van der Waals surface area contributed by atoms with E-state index in [0.717, 1.165) is 5.56 Å². The second-order valence-corrected chi connectivity index (χ2v) is 3.57. The average Bonchev–Trinajstić information content (AvgIpc) is 2.54. The van der Waals surface area contributed by atoms with Crippen LogP contribution in [0.15, 0.2) is 24.3 Å². The van der Waals surface area contributed by atoms with Crippen LogP contribution in [0.2, 0.25) is 0 Å². The monoisotopic (exact) mass is 212 g/mol. The van der Waals surface area contributed by atoms with Crippen molar-refractivity contribution in [2.75, 3.05) is 11.5 Å². The van der Waals surface area contributed by atoms with Crippen LogP contribution in [-0.2, 0) is 0 Å². The number of anilines is 2. The van der Waals surface area contributed by atoms with Gasteiger partial charge in [0, 0.05) is 11.1 Å². The maximum absolute atomic E-state index is 12.0. The topological polar surface area (TPSA) is 94.9 Å². The Morgan fingerprint density at radius 3 is 2.44 bits per heavy atom.